The smallest absolute Gasteiger partial charge is 0.338 e. The van der Waals surface area contributed by atoms with Gasteiger partial charge in [0.2, 0.25) is 6.41 Å². The van der Waals surface area contributed by atoms with E-state index in [-0.39, 0.29) is 23.1 Å². The van der Waals surface area contributed by atoms with E-state index in [1.807, 2.05) is 36.7 Å². The summed E-state index contributed by atoms with van der Waals surface area (Å²) in [7, 11) is 3.31. The quantitative estimate of drug-likeness (QED) is 0.219. The largest absolute Gasteiger partial charge is 0.481 e. The number of carbonyl (C=O) groups excluding carboxylic acids is 2. The molecule has 1 aromatic heterocycles. The number of thiazole rings is 1. The van der Waals surface area contributed by atoms with Gasteiger partial charge in [-0.05, 0) is 43.3 Å². The van der Waals surface area contributed by atoms with Crippen LogP contribution in [0.2, 0.25) is 5.02 Å². The van der Waals surface area contributed by atoms with Crippen LogP contribution in [-0.4, -0.2) is 97.0 Å². The molecule has 242 valence electrons. The van der Waals surface area contributed by atoms with Crippen LogP contribution < -0.4 is 10.2 Å². The van der Waals surface area contributed by atoms with Gasteiger partial charge in [0.1, 0.15) is 11.9 Å². The number of benzene rings is 2. The number of esters is 1. The van der Waals surface area contributed by atoms with Crippen LogP contribution in [0.25, 0.3) is 0 Å². The molecule has 3 heterocycles. The topological polar surface area (TPSA) is 128 Å². The molecule has 14 heteroatoms. The molecule has 1 amide bonds. The highest BCUT2D eigenvalue weighted by Crippen LogP contribution is 2.37. The zero-order valence-corrected chi connectivity index (χ0v) is 26.9. The lowest BCUT2D eigenvalue weighted by molar-refractivity contribution is -0.137. The number of nitrogens with zero attached hydrogens (tertiary/aromatic N) is 5. The van der Waals surface area contributed by atoms with Gasteiger partial charge in [-0.25, -0.2) is 14.2 Å². The minimum Gasteiger partial charge on any atom is -0.481 e. The summed E-state index contributed by atoms with van der Waals surface area (Å²) in [5.41, 5.74) is 2.90. The lowest BCUT2D eigenvalue weighted by Gasteiger charge is -2.41. The zero-order valence-electron chi connectivity index (χ0n) is 25.4. The molecule has 0 bridgehead atoms. The van der Waals surface area contributed by atoms with Crippen molar-refractivity contribution in [2.45, 2.75) is 24.9 Å². The lowest BCUT2D eigenvalue weighted by Crippen LogP contribution is -2.56. The summed E-state index contributed by atoms with van der Waals surface area (Å²) in [5.74, 6) is -1.48. The number of anilines is 1. The molecule has 2 N–H and O–H groups in total. The van der Waals surface area contributed by atoms with Crippen molar-refractivity contribution in [2.24, 2.45) is 4.99 Å². The fraction of sp³-hybridized carbons (Fsp3) is 0.344. The van der Waals surface area contributed by atoms with E-state index >= 15 is 0 Å². The molecule has 5 rings (SSSR count). The zero-order chi connectivity index (χ0) is 32.8. The van der Waals surface area contributed by atoms with Gasteiger partial charge < -0.3 is 20.1 Å². The molecule has 0 aliphatic carbocycles. The first-order chi connectivity index (χ1) is 22.2. The number of carbonyl (C=O) groups is 3. The molecule has 0 radical (unpaired) electrons. The normalized spacial score (nSPS) is 18.9. The van der Waals surface area contributed by atoms with Crippen LogP contribution in [0.4, 0.5) is 10.1 Å². The number of amides is 1. The number of hydrogen-bond acceptors (Lipinski definition) is 10. The highest BCUT2D eigenvalue weighted by molar-refractivity contribution is 7.11. The fourth-order valence-electron chi connectivity index (χ4n) is 5.58. The number of carboxylic acids is 1. The maximum Gasteiger partial charge on any atom is 0.338 e. The number of nitrogens with one attached hydrogen (secondary N) is 1. The number of rotatable bonds is 12. The molecule has 11 nitrogen and oxygen atoms in total. The molecule has 1 fully saturated rings. The highest BCUT2D eigenvalue weighted by atomic mass is 35.5. The summed E-state index contributed by atoms with van der Waals surface area (Å²) in [6.07, 6.45) is 2.92. The van der Waals surface area contributed by atoms with Crippen LogP contribution in [0.5, 0.6) is 0 Å². The van der Waals surface area contributed by atoms with Gasteiger partial charge >= 0.3 is 11.9 Å². The predicted octanol–water partition coefficient (Wildman–Crippen LogP) is 3.75. The minimum absolute atomic E-state index is 0.0363. The van der Waals surface area contributed by atoms with Gasteiger partial charge in [-0.3, -0.25) is 24.4 Å². The van der Waals surface area contributed by atoms with Crippen molar-refractivity contribution >= 4 is 52.8 Å². The van der Waals surface area contributed by atoms with Crippen molar-refractivity contribution in [1.82, 2.24) is 20.1 Å². The Morgan fingerprint density at radius 1 is 1.24 bits per heavy atom. The van der Waals surface area contributed by atoms with Crippen LogP contribution in [0.1, 0.15) is 28.6 Å². The molecule has 2 aliphatic heterocycles. The van der Waals surface area contributed by atoms with Gasteiger partial charge in [0, 0.05) is 78.7 Å². The Kier molecular flexibility index (Phi) is 10.8. The number of methoxy groups -OCH3 is 1. The molecule has 3 aromatic rings. The van der Waals surface area contributed by atoms with Gasteiger partial charge in [0.05, 0.1) is 12.7 Å². The molecule has 0 saturated carbocycles. The summed E-state index contributed by atoms with van der Waals surface area (Å²) in [4.78, 5) is 51.7. The van der Waals surface area contributed by atoms with Crippen molar-refractivity contribution in [3.8, 4) is 0 Å². The highest BCUT2D eigenvalue weighted by Gasteiger charge is 2.35. The standard InChI is InChI=1S/C32H34ClFN6O5S/c1-38-12-13-39(16-23(38)17-40(19-41)22-7-3-20(4-8-22)5-10-27(42)43)18-26-28(32(44)45-2)29(24-9-6-21(34)15-25(24)33)37-30(36-26)31-35-11-14-46-31/h3-4,6-9,11,14-15,19,23,29H,5,10,12-13,16-18H2,1-2H3,(H,36,37)(H,42,43)/t23?,29-/m0/s1. The Morgan fingerprint density at radius 3 is 2.67 bits per heavy atom. The van der Waals surface area contributed by atoms with E-state index in [0.29, 0.717) is 66.9 Å². The summed E-state index contributed by atoms with van der Waals surface area (Å²) < 4.78 is 19.2. The molecule has 46 heavy (non-hydrogen) atoms. The number of ether oxygens (including phenoxy) is 1. The molecule has 2 aliphatic rings. The van der Waals surface area contributed by atoms with E-state index in [1.54, 1.807) is 11.1 Å². The first-order valence-corrected chi connectivity index (χ1v) is 15.9. The van der Waals surface area contributed by atoms with Gasteiger partial charge in [-0.1, -0.05) is 29.8 Å². The number of aliphatic imine (C=N–C) groups is 1. The van der Waals surface area contributed by atoms with Crippen molar-refractivity contribution in [1.29, 1.82) is 0 Å². The number of piperazine rings is 1. The molecule has 0 spiro atoms. The molecular formula is C32H34ClFN6O5S. The summed E-state index contributed by atoms with van der Waals surface area (Å²) in [6, 6.07) is 10.4. The first-order valence-electron chi connectivity index (χ1n) is 14.6. The van der Waals surface area contributed by atoms with Crippen LogP contribution in [0.15, 0.2) is 70.3 Å². The second kappa shape index (κ2) is 14.9. The third-order valence-electron chi connectivity index (χ3n) is 8.10. The summed E-state index contributed by atoms with van der Waals surface area (Å²) >= 11 is 7.87. The third-order valence-corrected chi connectivity index (χ3v) is 9.20. The monoisotopic (exact) mass is 668 g/mol. The number of hydrogen-bond donors (Lipinski definition) is 2. The maximum atomic E-state index is 14.0. The third kappa shape index (κ3) is 7.79. The van der Waals surface area contributed by atoms with E-state index in [4.69, 9.17) is 26.4 Å². The Morgan fingerprint density at radius 2 is 2.02 bits per heavy atom. The van der Waals surface area contributed by atoms with Crippen molar-refractivity contribution in [2.75, 3.05) is 51.8 Å². The number of halogens is 2. The summed E-state index contributed by atoms with van der Waals surface area (Å²) in [6.45, 7) is 2.75. The second-order valence-electron chi connectivity index (χ2n) is 11.1. The average Bonchev–Trinajstić information content (AvgIpc) is 3.59. The number of amidine groups is 1. The molecular weight excluding hydrogens is 635 g/mol. The fourth-order valence-corrected chi connectivity index (χ4v) is 6.44. The van der Waals surface area contributed by atoms with E-state index in [2.05, 4.69) is 20.1 Å². The van der Waals surface area contributed by atoms with E-state index < -0.39 is 23.8 Å². The number of aromatic nitrogens is 1. The maximum absolute atomic E-state index is 14.0. The first kappa shape index (κ1) is 33.2. The van der Waals surface area contributed by atoms with E-state index in [0.717, 1.165) is 12.0 Å². The van der Waals surface area contributed by atoms with Crippen molar-refractivity contribution < 1.29 is 28.6 Å². The van der Waals surface area contributed by atoms with E-state index in [9.17, 15) is 18.8 Å². The van der Waals surface area contributed by atoms with Gasteiger partial charge in [-0.2, -0.15) is 0 Å². The number of carboxylic acid groups (broad SMARTS) is 1. The van der Waals surface area contributed by atoms with Crippen LogP contribution in [0, 0.1) is 5.82 Å². The molecule has 1 unspecified atom stereocenters. The minimum atomic E-state index is -0.858. The molecule has 1 saturated heterocycles. The lowest BCUT2D eigenvalue weighted by atomic mass is 9.95. The summed E-state index contributed by atoms with van der Waals surface area (Å²) in [5, 5.41) is 14.9. The average molecular weight is 669 g/mol. The number of likely N-dealkylation sites (N-methyl/N-ethyl adjacent to an activating group) is 1. The van der Waals surface area contributed by atoms with Crippen LogP contribution in [-0.2, 0) is 25.5 Å². The second-order valence-corrected chi connectivity index (χ2v) is 12.4. The van der Waals surface area contributed by atoms with Crippen molar-refractivity contribution in [3.63, 3.8) is 0 Å². The Hall–Kier alpha value is -4.17. The van der Waals surface area contributed by atoms with Crippen LogP contribution in [0.3, 0.4) is 0 Å². The van der Waals surface area contributed by atoms with E-state index in [1.165, 1.54) is 36.6 Å². The Labute approximate surface area is 274 Å². The Bertz CT molecular complexity index is 1630. The van der Waals surface area contributed by atoms with Crippen LogP contribution >= 0.6 is 22.9 Å². The number of aliphatic carboxylic acids is 1. The van der Waals surface area contributed by atoms with Crippen molar-refractivity contribution in [3.05, 3.63) is 92.3 Å². The molecule has 2 atom stereocenters. The predicted molar refractivity (Wildman–Crippen MR) is 174 cm³/mol. The number of aryl methyl sites for hydroxylation is 1. The Balaban J connectivity index is 1.39. The van der Waals surface area contributed by atoms with Gasteiger partial charge in [0.25, 0.3) is 0 Å². The van der Waals surface area contributed by atoms with Gasteiger partial charge in [-0.15, -0.1) is 11.3 Å². The SMILES string of the molecule is COC(=O)C1=C(CN2CCN(C)C(CN(C=O)c3ccc(CCC(=O)O)cc3)C2)NC(c2nccs2)=N[C@H]1c1ccc(F)cc1Cl. The molecule has 2 aromatic carbocycles. The van der Waals surface area contributed by atoms with Gasteiger partial charge in [0.15, 0.2) is 10.8 Å².